The highest BCUT2D eigenvalue weighted by Crippen LogP contribution is 2.49. The quantitative estimate of drug-likeness (QED) is 0.871. The van der Waals surface area contributed by atoms with Gasteiger partial charge in [-0.3, -0.25) is 4.79 Å². The molecule has 1 fully saturated rings. The number of rotatable bonds is 5. The predicted molar refractivity (Wildman–Crippen MR) is 84.5 cm³/mol. The van der Waals surface area contributed by atoms with Gasteiger partial charge in [0.25, 0.3) is 5.89 Å². The SMILES string of the molecule is CNC1(C)CC(C)(c2nnc(COc3ccc(=O)[nH]c3C)o2)C1. The van der Waals surface area contributed by atoms with Crippen LogP contribution in [0.4, 0.5) is 0 Å². The molecule has 0 aliphatic heterocycles. The molecule has 0 bridgehead atoms. The Labute approximate surface area is 134 Å². The van der Waals surface area contributed by atoms with Gasteiger partial charge in [-0.15, -0.1) is 10.2 Å². The summed E-state index contributed by atoms with van der Waals surface area (Å²) in [5.74, 6) is 1.69. The summed E-state index contributed by atoms with van der Waals surface area (Å²) in [7, 11) is 1.97. The average molecular weight is 318 g/mol. The van der Waals surface area contributed by atoms with Gasteiger partial charge in [0, 0.05) is 17.0 Å². The van der Waals surface area contributed by atoms with Gasteiger partial charge < -0.3 is 19.5 Å². The molecule has 0 radical (unpaired) electrons. The Balaban J connectivity index is 1.65. The molecule has 0 unspecified atom stereocenters. The van der Waals surface area contributed by atoms with Crippen molar-refractivity contribution in [2.24, 2.45) is 0 Å². The molecule has 2 aromatic heterocycles. The molecule has 0 atom stereocenters. The maximum atomic E-state index is 11.2. The van der Waals surface area contributed by atoms with Crippen LogP contribution in [0.15, 0.2) is 21.3 Å². The fourth-order valence-corrected chi connectivity index (χ4v) is 3.41. The normalized spacial score (nSPS) is 26.8. The smallest absolute Gasteiger partial charge is 0.253 e. The Kier molecular flexibility index (Phi) is 3.75. The topological polar surface area (TPSA) is 93.0 Å². The van der Waals surface area contributed by atoms with Crippen LogP contribution >= 0.6 is 0 Å². The minimum absolute atomic E-state index is 0.0864. The van der Waals surface area contributed by atoms with Crippen LogP contribution in [-0.2, 0) is 12.0 Å². The van der Waals surface area contributed by atoms with Crippen molar-refractivity contribution in [3.63, 3.8) is 0 Å². The van der Waals surface area contributed by atoms with E-state index in [1.165, 1.54) is 6.07 Å². The first-order chi connectivity index (χ1) is 10.8. The first kappa shape index (κ1) is 15.7. The van der Waals surface area contributed by atoms with E-state index in [0.29, 0.717) is 23.2 Å². The summed E-state index contributed by atoms with van der Waals surface area (Å²) in [6, 6.07) is 3.06. The number of aryl methyl sites for hydroxylation is 1. The van der Waals surface area contributed by atoms with Crippen molar-refractivity contribution in [1.82, 2.24) is 20.5 Å². The van der Waals surface area contributed by atoms with Crippen molar-refractivity contribution in [3.05, 3.63) is 40.0 Å². The molecule has 1 aliphatic rings. The molecular weight excluding hydrogens is 296 g/mol. The van der Waals surface area contributed by atoms with Crippen molar-refractivity contribution < 1.29 is 9.15 Å². The first-order valence-corrected chi connectivity index (χ1v) is 7.68. The van der Waals surface area contributed by atoms with Crippen LogP contribution in [0.3, 0.4) is 0 Å². The Morgan fingerprint density at radius 2 is 2.09 bits per heavy atom. The van der Waals surface area contributed by atoms with Crippen molar-refractivity contribution in [2.45, 2.75) is 51.2 Å². The Bertz CT molecular complexity index is 759. The molecule has 0 spiro atoms. The molecule has 23 heavy (non-hydrogen) atoms. The monoisotopic (exact) mass is 318 g/mol. The summed E-state index contributed by atoms with van der Waals surface area (Å²) in [6.45, 7) is 6.29. The number of H-pyrrole nitrogens is 1. The molecule has 2 aromatic rings. The van der Waals surface area contributed by atoms with E-state index >= 15 is 0 Å². The summed E-state index contributed by atoms with van der Waals surface area (Å²) in [4.78, 5) is 13.9. The van der Waals surface area contributed by atoms with E-state index in [4.69, 9.17) is 9.15 Å². The summed E-state index contributed by atoms with van der Waals surface area (Å²) >= 11 is 0. The highest BCUT2D eigenvalue weighted by Gasteiger charge is 2.52. The Hall–Kier alpha value is -2.15. The second kappa shape index (κ2) is 5.49. The Morgan fingerprint density at radius 1 is 1.35 bits per heavy atom. The molecule has 0 aromatic carbocycles. The highest BCUT2D eigenvalue weighted by molar-refractivity contribution is 5.25. The van der Waals surface area contributed by atoms with Crippen molar-refractivity contribution >= 4 is 0 Å². The van der Waals surface area contributed by atoms with Gasteiger partial charge in [0.2, 0.25) is 11.4 Å². The Morgan fingerprint density at radius 3 is 2.74 bits per heavy atom. The number of nitrogens with one attached hydrogen (secondary N) is 2. The van der Waals surface area contributed by atoms with Crippen molar-refractivity contribution in [3.8, 4) is 5.75 Å². The third kappa shape index (κ3) is 3.01. The molecule has 3 rings (SSSR count). The molecule has 1 saturated carbocycles. The fourth-order valence-electron chi connectivity index (χ4n) is 3.41. The zero-order valence-corrected chi connectivity index (χ0v) is 13.9. The lowest BCUT2D eigenvalue weighted by molar-refractivity contribution is 0.0786. The van der Waals surface area contributed by atoms with Crippen LogP contribution in [0.25, 0.3) is 0 Å². The van der Waals surface area contributed by atoms with Crippen LogP contribution in [0.5, 0.6) is 5.75 Å². The molecule has 124 valence electrons. The molecule has 2 N–H and O–H groups in total. The lowest BCUT2D eigenvalue weighted by Gasteiger charge is -2.50. The molecular formula is C16H22N4O3. The van der Waals surface area contributed by atoms with Gasteiger partial charge >= 0.3 is 0 Å². The standard InChI is InChI=1S/C16H22N4O3/c1-10-11(5-6-12(21)18-10)22-7-13-19-20-14(23-13)15(2)8-16(3,9-15)17-4/h5-6,17H,7-9H2,1-4H3,(H,18,21). The average Bonchev–Trinajstić information content (AvgIpc) is 2.94. The lowest BCUT2D eigenvalue weighted by atomic mass is 9.59. The van der Waals surface area contributed by atoms with E-state index in [-0.39, 0.29) is 23.1 Å². The number of aromatic nitrogens is 3. The van der Waals surface area contributed by atoms with Gasteiger partial charge in [-0.2, -0.15) is 0 Å². The summed E-state index contributed by atoms with van der Waals surface area (Å²) in [5.41, 5.74) is 0.567. The molecule has 7 nitrogen and oxygen atoms in total. The molecule has 7 heteroatoms. The van der Waals surface area contributed by atoms with Gasteiger partial charge in [0.1, 0.15) is 5.75 Å². The fraction of sp³-hybridized carbons (Fsp3) is 0.562. The molecule has 0 saturated heterocycles. The van der Waals surface area contributed by atoms with E-state index in [2.05, 4.69) is 34.3 Å². The molecule has 2 heterocycles. The van der Waals surface area contributed by atoms with E-state index in [0.717, 1.165) is 12.8 Å². The molecule has 1 aliphatic carbocycles. The third-order valence-corrected chi connectivity index (χ3v) is 4.56. The third-order valence-electron chi connectivity index (χ3n) is 4.56. The zero-order chi connectivity index (χ0) is 16.7. The van der Waals surface area contributed by atoms with E-state index < -0.39 is 0 Å². The number of aromatic amines is 1. The van der Waals surface area contributed by atoms with E-state index in [1.54, 1.807) is 13.0 Å². The predicted octanol–water partition coefficient (Wildman–Crippen LogP) is 1.67. The number of ether oxygens (including phenoxy) is 1. The van der Waals surface area contributed by atoms with Crippen molar-refractivity contribution in [2.75, 3.05) is 7.05 Å². The second-order valence-electron chi connectivity index (χ2n) is 6.83. The number of hydrogen-bond donors (Lipinski definition) is 2. The van der Waals surface area contributed by atoms with Crippen LogP contribution in [0.1, 0.15) is 44.2 Å². The zero-order valence-electron chi connectivity index (χ0n) is 13.9. The summed E-state index contributed by atoms with van der Waals surface area (Å²) in [6.07, 6.45) is 1.91. The lowest BCUT2D eigenvalue weighted by Crippen LogP contribution is -2.58. The van der Waals surface area contributed by atoms with Crippen LogP contribution < -0.4 is 15.6 Å². The number of nitrogens with zero attached hydrogens (tertiary/aromatic N) is 2. The van der Waals surface area contributed by atoms with Gasteiger partial charge in [-0.1, -0.05) is 6.92 Å². The van der Waals surface area contributed by atoms with Gasteiger partial charge in [0.15, 0.2) is 6.61 Å². The maximum Gasteiger partial charge on any atom is 0.253 e. The highest BCUT2D eigenvalue weighted by atomic mass is 16.5. The molecule has 0 amide bonds. The van der Waals surface area contributed by atoms with Gasteiger partial charge in [-0.05, 0) is 39.8 Å². The minimum Gasteiger partial charge on any atom is -0.482 e. The largest absolute Gasteiger partial charge is 0.482 e. The van der Waals surface area contributed by atoms with E-state index in [9.17, 15) is 4.79 Å². The second-order valence-corrected chi connectivity index (χ2v) is 6.83. The van der Waals surface area contributed by atoms with Crippen LogP contribution in [0.2, 0.25) is 0 Å². The summed E-state index contributed by atoms with van der Waals surface area (Å²) in [5, 5.41) is 11.6. The van der Waals surface area contributed by atoms with E-state index in [1.807, 2.05) is 7.05 Å². The van der Waals surface area contributed by atoms with Gasteiger partial charge in [0.05, 0.1) is 5.69 Å². The van der Waals surface area contributed by atoms with Gasteiger partial charge in [-0.25, -0.2) is 0 Å². The first-order valence-electron chi connectivity index (χ1n) is 7.68. The maximum absolute atomic E-state index is 11.2. The van der Waals surface area contributed by atoms with Crippen LogP contribution in [0, 0.1) is 6.92 Å². The van der Waals surface area contributed by atoms with Crippen LogP contribution in [-0.4, -0.2) is 27.8 Å². The number of pyridine rings is 1. The minimum atomic E-state index is -0.152. The van der Waals surface area contributed by atoms with Crippen molar-refractivity contribution in [1.29, 1.82) is 0 Å². The number of hydrogen-bond acceptors (Lipinski definition) is 6. The summed E-state index contributed by atoms with van der Waals surface area (Å²) < 4.78 is 11.4.